The molecular weight excluding hydrogens is 462 g/mol. The Kier molecular flexibility index (Phi) is 7.51. The molecule has 0 bridgehead atoms. The second kappa shape index (κ2) is 10.7. The van der Waals surface area contributed by atoms with Gasteiger partial charge in [0.1, 0.15) is 11.6 Å². The summed E-state index contributed by atoms with van der Waals surface area (Å²) >= 11 is 6.04. The fraction of sp³-hybridized carbons (Fsp3) is 0.250. The molecule has 0 N–H and O–H groups in total. The standard InChI is InChI=1S/C28H28ClN3O3/c1-4-5-18-31(27(33)20-14-16-21(29)17-15-20)19(2)26-30-23-11-7-6-10-22(23)28(34)32(26)24-12-8-9-13-25(24)35-3/h6-17,19H,4-5,18H2,1-3H3. The van der Waals surface area contributed by atoms with Crippen molar-refractivity contribution in [2.75, 3.05) is 13.7 Å². The molecule has 4 rings (SSSR count). The average molecular weight is 490 g/mol. The van der Waals surface area contributed by atoms with Crippen molar-refractivity contribution in [1.29, 1.82) is 0 Å². The van der Waals surface area contributed by atoms with Crippen LogP contribution in [0.2, 0.25) is 5.02 Å². The number of methoxy groups -OCH3 is 1. The number of amides is 1. The highest BCUT2D eigenvalue weighted by Gasteiger charge is 2.28. The van der Waals surface area contributed by atoms with E-state index in [1.165, 1.54) is 0 Å². The summed E-state index contributed by atoms with van der Waals surface area (Å²) < 4.78 is 7.14. The Morgan fingerprint density at radius 1 is 1.06 bits per heavy atom. The number of halogens is 1. The van der Waals surface area contributed by atoms with Crippen LogP contribution in [0.3, 0.4) is 0 Å². The van der Waals surface area contributed by atoms with Crippen LogP contribution in [0.25, 0.3) is 16.6 Å². The number of hydrogen-bond donors (Lipinski definition) is 0. The van der Waals surface area contributed by atoms with Gasteiger partial charge >= 0.3 is 0 Å². The smallest absolute Gasteiger partial charge is 0.266 e. The lowest BCUT2D eigenvalue weighted by Gasteiger charge is -2.31. The first-order chi connectivity index (χ1) is 17.0. The van der Waals surface area contributed by atoms with Gasteiger partial charge in [-0.3, -0.25) is 14.2 Å². The van der Waals surface area contributed by atoms with Crippen molar-refractivity contribution >= 4 is 28.4 Å². The second-order valence-corrected chi connectivity index (χ2v) is 8.77. The number of ether oxygens (including phenoxy) is 1. The van der Waals surface area contributed by atoms with E-state index in [1.807, 2.05) is 43.3 Å². The summed E-state index contributed by atoms with van der Waals surface area (Å²) in [6.07, 6.45) is 1.73. The fourth-order valence-electron chi connectivity index (χ4n) is 4.17. The number of hydrogen-bond acceptors (Lipinski definition) is 4. The Labute approximate surface area is 209 Å². The molecule has 35 heavy (non-hydrogen) atoms. The van der Waals surface area contributed by atoms with Crippen molar-refractivity contribution in [1.82, 2.24) is 14.5 Å². The monoisotopic (exact) mass is 489 g/mol. The fourth-order valence-corrected chi connectivity index (χ4v) is 4.30. The van der Waals surface area contributed by atoms with Gasteiger partial charge in [-0.05, 0) is 61.9 Å². The van der Waals surface area contributed by atoms with Crippen LogP contribution >= 0.6 is 11.6 Å². The Hall–Kier alpha value is -3.64. The summed E-state index contributed by atoms with van der Waals surface area (Å²) in [4.78, 5) is 34.1. The largest absolute Gasteiger partial charge is 0.495 e. The predicted octanol–water partition coefficient (Wildman–Crippen LogP) is 6.05. The molecule has 1 unspecified atom stereocenters. The lowest BCUT2D eigenvalue weighted by atomic mass is 10.1. The minimum Gasteiger partial charge on any atom is -0.495 e. The topological polar surface area (TPSA) is 64.4 Å². The molecule has 0 aliphatic carbocycles. The van der Waals surface area contributed by atoms with Crippen molar-refractivity contribution in [2.24, 2.45) is 0 Å². The highest BCUT2D eigenvalue weighted by molar-refractivity contribution is 6.30. The molecule has 1 heterocycles. The van der Waals surface area contributed by atoms with E-state index in [0.29, 0.717) is 45.3 Å². The van der Waals surface area contributed by atoms with E-state index in [4.69, 9.17) is 21.3 Å². The Morgan fingerprint density at radius 2 is 1.74 bits per heavy atom. The zero-order valence-electron chi connectivity index (χ0n) is 20.1. The molecule has 0 saturated carbocycles. The minimum atomic E-state index is -0.494. The van der Waals surface area contributed by atoms with Gasteiger partial charge in [-0.1, -0.05) is 49.2 Å². The summed E-state index contributed by atoms with van der Waals surface area (Å²) in [7, 11) is 1.57. The third-order valence-electron chi connectivity index (χ3n) is 6.07. The van der Waals surface area contributed by atoms with Crippen LogP contribution in [0, 0.1) is 0 Å². The first-order valence-corrected chi connectivity index (χ1v) is 12.1. The quantitative estimate of drug-likeness (QED) is 0.302. The van der Waals surface area contributed by atoms with Crippen LogP contribution in [-0.4, -0.2) is 34.0 Å². The van der Waals surface area contributed by atoms with Crippen molar-refractivity contribution < 1.29 is 9.53 Å². The van der Waals surface area contributed by atoms with Crippen LogP contribution < -0.4 is 10.3 Å². The summed E-state index contributed by atoms with van der Waals surface area (Å²) in [5, 5.41) is 1.06. The molecule has 0 aliphatic heterocycles. The number of rotatable bonds is 8. The number of unbranched alkanes of at least 4 members (excludes halogenated alkanes) is 1. The number of fused-ring (bicyclic) bond motifs is 1. The van der Waals surface area contributed by atoms with Crippen LogP contribution in [0.15, 0.2) is 77.6 Å². The van der Waals surface area contributed by atoms with Crippen molar-refractivity contribution in [2.45, 2.75) is 32.7 Å². The molecule has 3 aromatic carbocycles. The summed E-state index contributed by atoms with van der Waals surface area (Å²) in [6, 6.07) is 20.9. The zero-order valence-corrected chi connectivity index (χ0v) is 20.8. The normalized spacial score (nSPS) is 11.9. The van der Waals surface area contributed by atoms with Gasteiger partial charge in [0.05, 0.1) is 29.7 Å². The van der Waals surface area contributed by atoms with Gasteiger partial charge in [0.2, 0.25) is 0 Å². The van der Waals surface area contributed by atoms with Crippen LogP contribution in [0.4, 0.5) is 0 Å². The summed E-state index contributed by atoms with van der Waals surface area (Å²) in [5.41, 5.74) is 1.48. The Bertz CT molecular complexity index is 1400. The summed E-state index contributed by atoms with van der Waals surface area (Å²) in [5.74, 6) is 0.873. The molecule has 1 atom stereocenters. The van der Waals surface area contributed by atoms with E-state index in [-0.39, 0.29) is 11.5 Å². The molecule has 0 saturated heterocycles. The van der Waals surface area contributed by atoms with Gasteiger partial charge in [-0.25, -0.2) is 4.98 Å². The molecule has 4 aromatic rings. The molecule has 180 valence electrons. The van der Waals surface area contributed by atoms with E-state index in [1.54, 1.807) is 53.0 Å². The third kappa shape index (κ3) is 4.93. The lowest BCUT2D eigenvalue weighted by molar-refractivity contribution is 0.0678. The maximum Gasteiger partial charge on any atom is 0.266 e. The second-order valence-electron chi connectivity index (χ2n) is 8.33. The first kappa shape index (κ1) is 24.5. The summed E-state index contributed by atoms with van der Waals surface area (Å²) in [6.45, 7) is 4.51. The first-order valence-electron chi connectivity index (χ1n) is 11.7. The molecule has 0 radical (unpaired) electrons. The van der Waals surface area contributed by atoms with E-state index in [9.17, 15) is 9.59 Å². The zero-order chi connectivity index (χ0) is 24.9. The molecule has 0 fully saturated rings. The van der Waals surface area contributed by atoms with Crippen molar-refractivity contribution in [3.63, 3.8) is 0 Å². The molecule has 1 aromatic heterocycles. The number of benzene rings is 3. The average Bonchev–Trinajstić information content (AvgIpc) is 2.89. The van der Waals surface area contributed by atoms with Gasteiger partial charge in [0.25, 0.3) is 11.5 Å². The van der Waals surface area contributed by atoms with E-state index < -0.39 is 6.04 Å². The third-order valence-corrected chi connectivity index (χ3v) is 6.33. The SMILES string of the molecule is CCCCN(C(=O)c1ccc(Cl)cc1)C(C)c1nc2ccccc2c(=O)n1-c1ccccc1OC. The molecule has 7 heteroatoms. The van der Waals surface area contributed by atoms with Gasteiger partial charge in [-0.15, -0.1) is 0 Å². The van der Waals surface area contributed by atoms with Gasteiger partial charge < -0.3 is 9.64 Å². The van der Waals surface area contributed by atoms with Crippen molar-refractivity contribution in [3.8, 4) is 11.4 Å². The van der Waals surface area contributed by atoms with Gasteiger partial charge in [0.15, 0.2) is 0 Å². The molecule has 0 aliphatic rings. The number of carbonyl (C=O) groups is 1. The van der Waals surface area contributed by atoms with E-state index >= 15 is 0 Å². The molecule has 6 nitrogen and oxygen atoms in total. The lowest BCUT2D eigenvalue weighted by Crippen LogP contribution is -2.38. The Balaban J connectivity index is 1.92. The highest BCUT2D eigenvalue weighted by atomic mass is 35.5. The number of carbonyl (C=O) groups excluding carboxylic acids is 1. The van der Waals surface area contributed by atoms with Gasteiger partial charge in [-0.2, -0.15) is 0 Å². The Morgan fingerprint density at radius 3 is 2.46 bits per heavy atom. The minimum absolute atomic E-state index is 0.142. The van der Waals surface area contributed by atoms with E-state index in [0.717, 1.165) is 12.8 Å². The van der Waals surface area contributed by atoms with Crippen LogP contribution in [-0.2, 0) is 0 Å². The maximum absolute atomic E-state index is 13.8. The van der Waals surface area contributed by atoms with E-state index in [2.05, 4.69) is 6.92 Å². The number of nitrogens with zero attached hydrogens (tertiary/aromatic N) is 3. The maximum atomic E-state index is 13.8. The van der Waals surface area contributed by atoms with Crippen molar-refractivity contribution in [3.05, 3.63) is 99.6 Å². The van der Waals surface area contributed by atoms with Crippen LogP contribution in [0.1, 0.15) is 48.9 Å². The molecule has 0 spiro atoms. The number of para-hydroxylation sites is 3. The molecule has 1 amide bonds. The van der Waals surface area contributed by atoms with Crippen LogP contribution in [0.5, 0.6) is 5.75 Å². The van der Waals surface area contributed by atoms with Gasteiger partial charge in [0, 0.05) is 17.1 Å². The predicted molar refractivity (Wildman–Crippen MR) is 140 cm³/mol. The molecular formula is C28H28ClN3O3. The number of aromatic nitrogens is 2. The highest BCUT2D eigenvalue weighted by Crippen LogP contribution is 2.28.